The standard InChI is InChI=1S/C21H24N6OS.C2H6/c1-4-15-9-16(17-12-27(13-17)29(28)8-7-22)5-6-19(15)26(3)21-10-20-18(11-23-21)24-14-25(20)2;1-2/h5-6,9-11,14,17H,4,8,12-13H2,1-3H3;1-2H3. The first-order chi connectivity index (χ1) is 15.0. The van der Waals surface area contributed by atoms with E-state index in [1.54, 1.807) is 6.33 Å². The summed E-state index contributed by atoms with van der Waals surface area (Å²) < 4.78 is 15.8. The van der Waals surface area contributed by atoms with Crippen LogP contribution >= 0.6 is 0 Å². The van der Waals surface area contributed by atoms with Crippen LogP contribution in [0.25, 0.3) is 11.0 Å². The average molecular weight is 439 g/mol. The Labute approximate surface area is 186 Å². The van der Waals surface area contributed by atoms with E-state index in [0.29, 0.717) is 5.92 Å². The van der Waals surface area contributed by atoms with Gasteiger partial charge in [0.05, 0.1) is 24.1 Å². The zero-order valence-electron chi connectivity index (χ0n) is 18.9. The number of anilines is 2. The summed E-state index contributed by atoms with van der Waals surface area (Å²) in [7, 11) is 2.84. The quantitative estimate of drug-likeness (QED) is 0.583. The highest BCUT2D eigenvalue weighted by atomic mass is 32.2. The number of aryl methyl sites for hydroxylation is 2. The Morgan fingerprint density at radius 3 is 2.68 bits per heavy atom. The second-order valence-corrected chi connectivity index (χ2v) is 8.80. The van der Waals surface area contributed by atoms with Crippen LogP contribution in [-0.2, 0) is 24.5 Å². The SMILES string of the molecule is CC.CCc1cc(C2CN(S(=O)CC#N)C2)ccc1N(C)c1cc2c(cn1)ncn2C. The lowest BCUT2D eigenvalue weighted by atomic mass is 9.91. The van der Waals surface area contributed by atoms with E-state index >= 15 is 0 Å². The van der Waals surface area contributed by atoms with Gasteiger partial charge in [-0.05, 0) is 23.6 Å². The number of pyridine rings is 1. The lowest BCUT2D eigenvalue weighted by molar-refractivity contribution is 0.279. The largest absolute Gasteiger partial charge is 0.334 e. The highest BCUT2D eigenvalue weighted by Crippen LogP contribution is 2.34. The van der Waals surface area contributed by atoms with Gasteiger partial charge in [0.2, 0.25) is 0 Å². The number of rotatable bonds is 6. The molecular formula is C23H30N6OS. The second kappa shape index (κ2) is 10.0. The zero-order chi connectivity index (χ0) is 22.5. The molecule has 1 unspecified atom stereocenters. The molecule has 0 bridgehead atoms. The molecule has 1 saturated heterocycles. The molecule has 0 saturated carbocycles. The Kier molecular flexibility index (Phi) is 7.42. The van der Waals surface area contributed by atoms with Crippen molar-refractivity contribution in [2.75, 3.05) is 30.8 Å². The summed E-state index contributed by atoms with van der Waals surface area (Å²) in [5, 5.41) is 8.71. The maximum Gasteiger partial charge on any atom is 0.134 e. The Hall–Kier alpha value is -2.76. The van der Waals surface area contributed by atoms with E-state index in [1.165, 1.54) is 11.1 Å². The molecule has 2 aromatic heterocycles. The zero-order valence-corrected chi connectivity index (χ0v) is 19.7. The van der Waals surface area contributed by atoms with Crippen molar-refractivity contribution >= 4 is 33.5 Å². The molecule has 8 heteroatoms. The molecule has 4 rings (SSSR count). The minimum Gasteiger partial charge on any atom is -0.334 e. The van der Waals surface area contributed by atoms with Crippen LogP contribution in [0.15, 0.2) is 36.8 Å². The predicted molar refractivity (Wildman–Crippen MR) is 127 cm³/mol. The van der Waals surface area contributed by atoms with Gasteiger partial charge in [-0.15, -0.1) is 0 Å². The molecule has 0 N–H and O–H groups in total. The Bertz CT molecular complexity index is 1110. The van der Waals surface area contributed by atoms with E-state index in [1.807, 2.05) is 49.1 Å². The number of nitrogens with zero attached hydrogens (tertiary/aromatic N) is 6. The molecular weight excluding hydrogens is 408 g/mol. The summed E-state index contributed by atoms with van der Waals surface area (Å²) in [6, 6.07) is 10.6. The molecule has 1 fully saturated rings. The molecule has 3 heterocycles. The molecule has 0 amide bonds. The molecule has 7 nitrogen and oxygen atoms in total. The van der Waals surface area contributed by atoms with Crippen molar-refractivity contribution in [2.45, 2.75) is 33.1 Å². The van der Waals surface area contributed by atoms with Crippen molar-refractivity contribution in [1.29, 1.82) is 5.26 Å². The molecule has 0 aliphatic carbocycles. The number of fused-ring (bicyclic) bond motifs is 1. The van der Waals surface area contributed by atoms with Crippen LogP contribution in [-0.4, -0.2) is 48.9 Å². The van der Waals surface area contributed by atoms with Gasteiger partial charge in [0, 0.05) is 44.9 Å². The van der Waals surface area contributed by atoms with Gasteiger partial charge in [0.15, 0.2) is 0 Å². The van der Waals surface area contributed by atoms with Crippen LogP contribution in [0.2, 0.25) is 0 Å². The van der Waals surface area contributed by atoms with Crippen LogP contribution in [0.4, 0.5) is 11.5 Å². The van der Waals surface area contributed by atoms with Gasteiger partial charge in [-0.25, -0.2) is 18.5 Å². The van der Waals surface area contributed by atoms with Gasteiger partial charge in [-0.3, -0.25) is 0 Å². The van der Waals surface area contributed by atoms with Gasteiger partial charge in [-0.2, -0.15) is 5.26 Å². The first-order valence-electron chi connectivity index (χ1n) is 10.7. The molecule has 164 valence electrons. The number of hydrogen-bond donors (Lipinski definition) is 0. The minimum atomic E-state index is -1.18. The van der Waals surface area contributed by atoms with Crippen molar-refractivity contribution in [3.63, 3.8) is 0 Å². The summed E-state index contributed by atoms with van der Waals surface area (Å²) >= 11 is 0. The van der Waals surface area contributed by atoms with Crippen LogP contribution in [0.1, 0.15) is 37.8 Å². The Morgan fingerprint density at radius 2 is 2.00 bits per heavy atom. The number of benzene rings is 1. The third-order valence-electron chi connectivity index (χ3n) is 5.58. The fraction of sp³-hybridized carbons (Fsp3) is 0.435. The van der Waals surface area contributed by atoms with Crippen molar-refractivity contribution in [3.8, 4) is 6.07 Å². The van der Waals surface area contributed by atoms with Gasteiger partial charge >= 0.3 is 0 Å². The van der Waals surface area contributed by atoms with Crippen molar-refractivity contribution in [2.24, 2.45) is 7.05 Å². The van der Waals surface area contributed by atoms with E-state index in [2.05, 4.69) is 46.1 Å². The summed E-state index contributed by atoms with van der Waals surface area (Å²) in [6.07, 6.45) is 4.53. The lowest BCUT2D eigenvalue weighted by Gasteiger charge is -2.38. The summed E-state index contributed by atoms with van der Waals surface area (Å²) in [6.45, 7) is 7.64. The summed E-state index contributed by atoms with van der Waals surface area (Å²) in [4.78, 5) is 11.0. The fourth-order valence-electron chi connectivity index (χ4n) is 3.76. The summed E-state index contributed by atoms with van der Waals surface area (Å²) in [5.41, 5.74) is 5.60. The molecule has 1 aliphatic heterocycles. The van der Waals surface area contributed by atoms with E-state index in [9.17, 15) is 4.21 Å². The molecule has 1 aliphatic rings. The van der Waals surface area contributed by atoms with Gasteiger partial charge in [-0.1, -0.05) is 32.9 Å². The molecule has 3 aromatic rings. The lowest BCUT2D eigenvalue weighted by Crippen LogP contribution is -2.46. The van der Waals surface area contributed by atoms with Crippen LogP contribution in [0, 0.1) is 11.3 Å². The fourth-order valence-corrected chi connectivity index (χ4v) is 4.74. The van der Waals surface area contributed by atoms with E-state index < -0.39 is 11.0 Å². The molecule has 0 spiro atoms. The van der Waals surface area contributed by atoms with Gasteiger partial charge in [0.1, 0.15) is 28.1 Å². The highest BCUT2D eigenvalue weighted by molar-refractivity contribution is 7.82. The maximum atomic E-state index is 11.9. The third-order valence-corrected chi connectivity index (χ3v) is 6.83. The number of hydrogen-bond acceptors (Lipinski definition) is 5. The first kappa shape index (κ1) is 22.9. The Morgan fingerprint density at radius 1 is 1.26 bits per heavy atom. The highest BCUT2D eigenvalue weighted by Gasteiger charge is 2.32. The molecule has 1 atom stereocenters. The van der Waals surface area contributed by atoms with Gasteiger partial charge < -0.3 is 9.47 Å². The van der Waals surface area contributed by atoms with Crippen LogP contribution in [0.5, 0.6) is 0 Å². The van der Waals surface area contributed by atoms with Crippen LogP contribution in [0.3, 0.4) is 0 Å². The monoisotopic (exact) mass is 438 g/mol. The minimum absolute atomic E-state index is 0.0741. The number of imidazole rings is 1. The summed E-state index contributed by atoms with van der Waals surface area (Å²) in [5.74, 6) is 1.32. The van der Waals surface area contributed by atoms with Gasteiger partial charge in [0.25, 0.3) is 0 Å². The number of aromatic nitrogens is 3. The topological polar surface area (TPSA) is 78.1 Å². The van der Waals surface area contributed by atoms with E-state index in [4.69, 9.17) is 5.26 Å². The van der Waals surface area contributed by atoms with E-state index in [0.717, 1.165) is 42.0 Å². The van der Waals surface area contributed by atoms with Crippen molar-refractivity contribution < 1.29 is 4.21 Å². The third kappa shape index (κ3) is 4.63. The van der Waals surface area contributed by atoms with Crippen molar-refractivity contribution in [1.82, 2.24) is 18.8 Å². The normalized spacial score (nSPS) is 15.0. The van der Waals surface area contributed by atoms with Crippen LogP contribution < -0.4 is 4.90 Å². The molecule has 1 aromatic carbocycles. The molecule has 31 heavy (non-hydrogen) atoms. The number of nitriles is 1. The average Bonchev–Trinajstić information content (AvgIpc) is 3.14. The van der Waals surface area contributed by atoms with E-state index in [-0.39, 0.29) is 5.75 Å². The maximum absolute atomic E-state index is 11.9. The second-order valence-electron chi connectivity index (χ2n) is 7.36. The predicted octanol–water partition coefficient (Wildman–Crippen LogP) is 3.91. The smallest absolute Gasteiger partial charge is 0.134 e. The molecule has 0 radical (unpaired) electrons. The Balaban J connectivity index is 0.00000132. The first-order valence-corrected chi connectivity index (χ1v) is 11.9. The van der Waals surface area contributed by atoms with Crippen molar-refractivity contribution in [3.05, 3.63) is 47.9 Å².